The van der Waals surface area contributed by atoms with E-state index in [1.165, 1.54) is 23.8 Å². The van der Waals surface area contributed by atoms with Crippen molar-refractivity contribution < 1.29 is 23.8 Å². The topological polar surface area (TPSA) is 89.5 Å². The molecular formula is C26H23N3O5S. The van der Waals surface area contributed by atoms with Crippen LogP contribution in [0.25, 0.3) is 0 Å². The zero-order valence-electron chi connectivity index (χ0n) is 19.0. The molecule has 9 heteroatoms. The van der Waals surface area contributed by atoms with E-state index in [0.29, 0.717) is 34.6 Å². The van der Waals surface area contributed by atoms with Crippen LogP contribution in [0, 0.1) is 0 Å². The van der Waals surface area contributed by atoms with Crippen LogP contribution in [0.15, 0.2) is 77.8 Å². The molecule has 1 fully saturated rings. The summed E-state index contributed by atoms with van der Waals surface area (Å²) in [4.78, 5) is 32.1. The van der Waals surface area contributed by atoms with Crippen molar-refractivity contribution >= 4 is 40.1 Å². The second-order valence-electron chi connectivity index (χ2n) is 7.85. The van der Waals surface area contributed by atoms with Gasteiger partial charge in [0.25, 0.3) is 0 Å². The van der Waals surface area contributed by atoms with Crippen LogP contribution in [0.5, 0.6) is 17.2 Å². The van der Waals surface area contributed by atoms with E-state index in [2.05, 4.69) is 5.32 Å². The predicted octanol–water partition coefficient (Wildman–Crippen LogP) is 4.46. The number of para-hydroxylation sites is 3. The van der Waals surface area contributed by atoms with Crippen LogP contribution in [0.1, 0.15) is 12.0 Å². The van der Waals surface area contributed by atoms with E-state index in [1.54, 1.807) is 24.3 Å². The van der Waals surface area contributed by atoms with Gasteiger partial charge in [0.15, 0.2) is 16.7 Å². The van der Waals surface area contributed by atoms with Gasteiger partial charge in [0, 0.05) is 12.1 Å². The van der Waals surface area contributed by atoms with Gasteiger partial charge in [-0.15, -0.1) is 0 Å². The average molecular weight is 490 g/mol. The summed E-state index contributed by atoms with van der Waals surface area (Å²) in [6.45, 7) is 0.573. The number of benzene rings is 3. The van der Waals surface area contributed by atoms with Crippen LogP contribution < -0.4 is 24.4 Å². The van der Waals surface area contributed by atoms with Crippen LogP contribution in [0.4, 0.5) is 11.4 Å². The first-order valence-corrected chi connectivity index (χ1v) is 11.9. The summed E-state index contributed by atoms with van der Waals surface area (Å²) in [7, 11) is 1.51. The van der Waals surface area contributed by atoms with Gasteiger partial charge in [-0.3, -0.25) is 14.6 Å². The van der Waals surface area contributed by atoms with Crippen LogP contribution in [0.3, 0.4) is 0 Å². The Bertz CT molecular complexity index is 1280. The molecule has 5 rings (SSSR count). The Kier molecular flexibility index (Phi) is 6.58. The number of carbonyl (C=O) groups excluding carboxylic acids is 2. The SMILES string of the molecule is COc1ccccc1N1C(=O)C[C@@H](SC(=NCc2ccc3c(c2)OCO3)Nc2ccccc2)C1=O. The number of methoxy groups -OCH3 is 1. The maximum Gasteiger partial charge on any atom is 0.248 e. The van der Waals surface area contributed by atoms with Crippen molar-refractivity contribution in [3.05, 3.63) is 78.4 Å². The summed E-state index contributed by atoms with van der Waals surface area (Å²) in [6.07, 6.45) is 0.0705. The summed E-state index contributed by atoms with van der Waals surface area (Å²) in [5.41, 5.74) is 2.22. The number of hydrogen-bond donors (Lipinski definition) is 1. The first-order chi connectivity index (χ1) is 17.1. The van der Waals surface area contributed by atoms with Gasteiger partial charge in [-0.2, -0.15) is 0 Å². The highest BCUT2D eigenvalue weighted by Crippen LogP contribution is 2.36. The third kappa shape index (κ3) is 4.95. The molecule has 8 nitrogen and oxygen atoms in total. The van der Waals surface area contributed by atoms with E-state index in [4.69, 9.17) is 19.2 Å². The van der Waals surface area contributed by atoms with Crippen molar-refractivity contribution in [1.82, 2.24) is 0 Å². The number of amides is 2. The molecule has 1 N–H and O–H groups in total. The number of thioether (sulfide) groups is 1. The van der Waals surface area contributed by atoms with Gasteiger partial charge in [-0.25, -0.2) is 4.90 Å². The number of ether oxygens (including phenoxy) is 3. The maximum absolute atomic E-state index is 13.3. The van der Waals surface area contributed by atoms with Crippen molar-refractivity contribution in [2.75, 3.05) is 24.1 Å². The highest BCUT2D eigenvalue weighted by molar-refractivity contribution is 8.15. The highest BCUT2D eigenvalue weighted by Gasteiger charge is 2.41. The Morgan fingerprint density at radius 2 is 1.83 bits per heavy atom. The van der Waals surface area contributed by atoms with Crippen molar-refractivity contribution in [2.45, 2.75) is 18.2 Å². The quantitative estimate of drug-likeness (QED) is 0.311. The number of nitrogens with zero attached hydrogens (tertiary/aromatic N) is 2. The standard InChI is InChI=1S/C26H23N3O5S/c1-32-20-10-6-5-9-19(20)29-24(30)14-23(25(29)31)35-26(28-18-7-3-2-4-8-18)27-15-17-11-12-21-22(13-17)34-16-33-21/h2-13,23H,14-16H2,1H3,(H,27,28)/t23-/m1/s1. The number of hydrogen-bond acceptors (Lipinski definition) is 7. The van der Waals surface area contributed by atoms with E-state index < -0.39 is 5.25 Å². The van der Waals surface area contributed by atoms with Crippen molar-refractivity contribution in [1.29, 1.82) is 0 Å². The summed E-state index contributed by atoms with van der Waals surface area (Å²) in [5, 5.41) is 3.22. The molecular weight excluding hydrogens is 466 g/mol. The summed E-state index contributed by atoms with van der Waals surface area (Å²) in [5.74, 6) is 1.30. The Morgan fingerprint density at radius 1 is 1.06 bits per heavy atom. The monoisotopic (exact) mass is 489 g/mol. The molecule has 0 saturated carbocycles. The minimum atomic E-state index is -0.612. The maximum atomic E-state index is 13.3. The second-order valence-corrected chi connectivity index (χ2v) is 9.04. The van der Waals surface area contributed by atoms with Crippen molar-refractivity contribution in [2.24, 2.45) is 4.99 Å². The summed E-state index contributed by atoms with van der Waals surface area (Å²) >= 11 is 1.25. The van der Waals surface area contributed by atoms with Gasteiger partial charge >= 0.3 is 0 Å². The molecule has 2 aliphatic rings. The lowest BCUT2D eigenvalue weighted by Gasteiger charge is -2.18. The lowest BCUT2D eigenvalue weighted by atomic mass is 10.2. The number of aliphatic imine (C=N–C) groups is 1. The van der Waals surface area contributed by atoms with E-state index in [1.807, 2.05) is 48.5 Å². The van der Waals surface area contributed by atoms with E-state index >= 15 is 0 Å². The minimum Gasteiger partial charge on any atom is -0.495 e. The molecule has 2 heterocycles. The van der Waals surface area contributed by atoms with Gasteiger partial charge in [0.05, 0.1) is 19.3 Å². The summed E-state index contributed by atoms with van der Waals surface area (Å²) in [6, 6.07) is 22.3. The fraction of sp³-hybridized carbons (Fsp3) is 0.192. The van der Waals surface area contributed by atoms with Crippen LogP contribution in [-0.2, 0) is 16.1 Å². The molecule has 3 aromatic rings. The van der Waals surface area contributed by atoms with Gasteiger partial charge in [0.1, 0.15) is 11.0 Å². The number of nitrogens with one attached hydrogen (secondary N) is 1. The minimum absolute atomic E-state index is 0.0705. The third-order valence-electron chi connectivity index (χ3n) is 5.55. The zero-order chi connectivity index (χ0) is 24.2. The number of amidine groups is 1. The Hall–Kier alpha value is -3.98. The lowest BCUT2D eigenvalue weighted by Crippen LogP contribution is -2.32. The molecule has 0 aromatic heterocycles. The number of anilines is 2. The van der Waals surface area contributed by atoms with Gasteiger partial charge in [0.2, 0.25) is 18.6 Å². The van der Waals surface area contributed by atoms with Crippen LogP contribution in [-0.4, -0.2) is 36.1 Å². The Labute approximate surface area is 206 Å². The van der Waals surface area contributed by atoms with Gasteiger partial charge in [-0.05, 0) is 42.0 Å². The lowest BCUT2D eigenvalue weighted by molar-refractivity contribution is -0.121. The first-order valence-electron chi connectivity index (χ1n) is 11.0. The molecule has 0 radical (unpaired) electrons. The normalized spacial score (nSPS) is 17.1. The van der Waals surface area contributed by atoms with E-state index in [0.717, 1.165) is 11.3 Å². The molecule has 0 spiro atoms. The molecule has 178 valence electrons. The molecule has 1 saturated heterocycles. The number of rotatable bonds is 6. The van der Waals surface area contributed by atoms with Crippen LogP contribution >= 0.6 is 11.8 Å². The predicted molar refractivity (Wildman–Crippen MR) is 135 cm³/mol. The van der Waals surface area contributed by atoms with Crippen molar-refractivity contribution in [3.8, 4) is 17.2 Å². The molecule has 3 aromatic carbocycles. The summed E-state index contributed by atoms with van der Waals surface area (Å²) < 4.78 is 16.2. The largest absolute Gasteiger partial charge is 0.495 e. The smallest absolute Gasteiger partial charge is 0.248 e. The highest BCUT2D eigenvalue weighted by atomic mass is 32.2. The Balaban J connectivity index is 1.37. The van der Waals surface area contributed by atoms with E-state index in [-0.39, 0.29) is 25.0 Å². The number of carbonyl (C=O) groups is 2. The molecule has 0 bridgehead atoms. The molecule has 0 unspecified atom stereocenters. The molecule has 35 heavy (non-hydrogen) atoms. The molecule has 1 atom stereocenters. The average Bonchev–Trinajstić information content (AvgIpc) is 3.46. The van der Waals surface area contributed by atoms with Crippen molar-refractivity contribution in [3.63, 3.8) is 0 Å². The molecule has 2 aliphatic heterocycles. The third-order valence-corrected chi connectivity index (χ3v) is 6.66. The molecule has 2 amide bonds. The first kappa shape index (κ1) is 22.8. The van der Waals surface area contributed by atoms with E-state index in [9.17, 15) is 9.59 Å². The zero-order valence-corrected chi connectivity index (χ0v) is 19.8. The Morgan fingerprint density at radius 3 is 2.66 bits per heavy atom. The van der Waals surface area contributed by atoms with Crippen LogP contribution in [0.2, 0.25) is 0 Å². The van der Waals surface area contributed by atoms with Gasteiger partial charge in [-0.1, -0.05) is 48.2 Å². The molecule has 0 aliphatic carbocycles. The van der Waals surface area contributed by atoms with Gasteiger partial charge < -0.3 is 19.5 Å². The number of imide groups is 1. The number of fused-ring (bicyclic) bond motifs is 1. The second kappa shape index (κ2) is 10.1. The fourth-order valence-corrected chi connectivity index (χ4v) is 4.87. The fourth-order valence-electron chi connectivity index (χ4n) is 3.85.